The van der Waals surface area contributed by atoms with Crippen LogP contribution in [0.5, 0.6) is 0 Å². The molecular formula is C14H15NO2. The van der Waals surface area contributed by atoms with Gasteiger partial charge >= 0.3 is 5.97 Å². The Morgan fingerprint density at radius 1 is 1.24 bits per heavy atom. The third kappa shape index (κ3) is 2.23. The van der Waals surface area contributed by atoms with Gasteiger partial charge in [-0.25, -0.2) is 4.79 Å². The third-order valence-corrected chi connectivity index (χ3v) is 2.95. The summed E-state index contributed by atoms with van der Waals surface area (Å²) in [7, 11) is 0. The van der Waals surface area contributed by atoms with Crippen LogP contribution in [0.25, 0.3) is 0 Å². The van der Waals surface area contributed by atoms with Gasteiger partial charge in [-0.3, -0.25) is 0 Å². The van der Waals surface area contributed by atoms with Gasteiger partial charge in [0, 0.05) is 18.4 Å². The SMILES string of the molecule is Cc1cn(Cc2ccccc2)c(C)c1C(=O)O. The molecule has 1 heterocycles. The molecule has 0 bridgehead atoms. The topological polar surface area (TPSA) is 42.2 Å². The van der Waals surface area contributed by atoms with Crippen LogP contribution in [-0.2, 0) is 6.54 Å². The zero-order chi connectivity index (χ0) is 12.4. The Morgan fingerprint density at radius 2 is 1.88 bits per heavy atom. The second-order valence-corrected chi connectivity index (χ2v) is 4.19. The van der Waals surface area contributed by atoms with E-state index in [0.717, 1.165) is 11.3 Å². The fourth-order valence-electron chi connectivity index (χ4n) is 2.09. The summed E-state index contributed by atoms with van der Waals surface area (Å²) in [5, 5.41) is 9.11. The van der Waals surface area contributed by atoms with E-state index in [1.165, 1.54) is 5.56 Å². The van der Waals surface area contributed by atoms with E-state index >= 15 is 0 Å². The van der Waals surface area contributed by atoms with Crippen LogP contribution in [0.3, 0.4) is 0 Å². The summed E-state index contributed by atoms with van der Waals surface area (Å²) in [6.45, 7) is 4.39. The molecule has 1 N–H and O–H groups in total. The lowest BCUT2D eigenvalue weighted by Gasteiger charge is -2.06. The highest BCUT2D eigenvalue weighted by atomic mass is 16.4. The lowest BCUT2D eigenvalue weighted by Crippen LogP contribution is -2.04. The summed E-state index contributed by atoms with van der Waals surface area (Å²) in [6, 6.07) is 10.0. The Labute approximate surface area is 100 Å². The Bertz CT molecular complexity index is 541. The van der Waals surface area contributed by atoms with E-state index in [4.69, 9.17) is 5.11 Å². The lowest BCUT2D eigenvalue weighted by atomic mass is 10.2. The molecule has 2 aromatic rings. The van der Waals surface area contributed by atoms with Crippen LogP contribution >= 0.6 is 0 Å². The van der Waals surface area contributed by atoms with Crippen LogP contribution in [0.1, 0.15) is 27.2 Å². The number of nitrogens with zero attached hydrogens (tertiary/aromatic N) is 1. The number of hydrogen-bond acceptors (Lipinski definition) is 1. The van der Waals surface area contributed by atoms with Gasteiger partial charge in [-0.15, -0.1) is 0 Å². The molecular weight excluding hydrogens is 214 g/mol. The first-order valence-corrected chi connectivity index (χ1v) is 5.53. The van der Waals surface area contributed by atoms with Crippen molar-refractivity contribution in [1.29, 1.82) is 0 Å². The molecule has 17 heavy (non-hydrogen) atoms. The first kappa shape index (κ1) is 11.5. The quantitative estimate of drug-likeness (QED) is 0.879. The second-order valence-electron chi connectivity index (χ2n) is 4.19. The van der Waals surface area contributed by atoms with Crippen LogP contribution in [0, 0.1) is 13.8 Å². The zero-order valence-corrected chi connectivity index (χ0v) is 9.97. The van der Waals surface area contributed by atoms with Crippen molar-refractivity contribution < 1.29 is 9.90 Å². The molecule has 3 heteroatoms. The minimum Gasteiger partial charge on any atom is -0.478 e. The van der Waals surface area contributed by atoms with Gasteiger partial charge in [0.15, 0.2) is 0 Å². The zero-order valence-electron chi connectivity index (χ0n) is 9.97. The van der Waals surface area contributed by atoms with Gasteiger partial charge in [0.25, 0.3) is 0 Å². The van der Waals surface area contributed by atoms with Crippen molar-refractivity contribution in [2.24, 2.45) is 0 Å². The summed E-state index contributed by atoms with van der Waals surface area (Å²) in [5.41, 5.74) is 3.20. The number of rotatable bonds is 3. The van der Waals surface area contributed by atoms with E-state index < -0.39 is 5.97 Å². The largest absolute Gasteiger partial charge is 0.478 e. The number of hydrogen-bond donors (Lipinski definition) is 1. The van der Waals surface area contributed by atoms with Gasteiger partial charge in [-0.1, -0.05) is 30.3 Å². The minimum absolute atomic E-state index is 0.418. The molecule has 0 saturated heterocycles. The van der Waals surface area contributed by atoms with Crippen molar-refractivity contribution >= 4 is 5.97 Å². The standard InChI is InChI=1S/C14H15NO2/c1-10-8-15(11(2)13(10)14(16)17)9-12-6-4-3-5-7-12/h3-8H,9H2,1-2H3,(H,16,17). The lowest BCUT2D eigenvalue weighted by molar-refractivity contribution is 0.0695. The van der Waals surface area contributed by atoms with Crippen LogP contribution in [0.2, 0.25) is 0 Å². The van der Waals surface area contributed by atoms with E-state index in [1.54, 1.807) is 0 Å². The predicted octanol–water partition coefficient (Wildman–Crippen LogP) is 2.85. The number of aryl methyl sites for hydroxylation is 1. The highest BCUT2D eigenvalue weighted by Gasteiger charge is 2.15. The van der Waals surface area contributed by atoms with E-state index in [2.05, 4.69) is 0 Å². The molecule has 0 fully saturated rings. The highest BCUT2D eigenvalue weighted by Crippen LogP contribution is 2.17. The van der Waals surface area contributed by atoms with Gasteiger partial charge in [0.05, 0.1) is 5.56 Å². The number of carboxylic acids is 1. The van der Waals surface area contributed by atoms with E-state index in [0.29, 0.717) is 12.1 Å². The maximum Gasteiger partial charge on any atom is 0.337 e. The van der Waals surface area contributed by atoms with Crippen molar-refractivity contribution in [3.63, 3.8) is 0 Å². The number of carboxylic acid groups (broad SMARTS) is 1. The maximum atomic E-state index is 11.1. The van der Waals surface area contributed by atoms with Gasteiger partial charge in [0.2, 0.25) is 0 Å². The molecule has 88 valence electrons. The molecule has 0 radical (unpaired) electrons. The van der Waals surface area contributed by atoms with Crippen molar-refractivity contribution in [1.82, 2.24) is 4.57 Å². The Morgan fingerprint density at radius 3 is 2.41 bits per heavy atom. The molecule has 3 nitrogen and oxygen atoms in total. The molecule has 2 rings (SSSR count). The van der Waals surface area contributed by atoms with Gasteiger partial charge in [-0.05, 0) is 25.0 Å². The molecule has 0 atom stereocenters. The Kier molecular flexibility index (Phi) is 3.00. The normalized spacial score (nSPS) is 10.5. The van der Waals surface area contributed by atoms with E-state index in [-0.39, 0.29) is 0 Å². The van der Waals surface area contributed by atoms with E-state index in [1.807, 2.05) is 54.9 Å². The first-order valence-electron chi connectivity index (χ1n) is 5.53. The van der Waals surface area contributed by atoms with Gasteiger partial charge < -0.3 is 9.67 Å². The molecule has 0 unspecified atom stereocenters. The highest BCUT2D eigenvalue weighted by molar-refractivity contribution is 5.90. The number of aromatic carboxylic acids is 1. The molecule has 0 amide bonds. The second kappa shape index (κ2) is 4.45. The third-order valence-electron chi connectivity index (χ3n) is 2.95. The number of carbonyl (C=O) groups is 1. The molecule has 0 spiro atoms. The molecule has 1 aromatic carbocycles. The summed E-state index contributed by atoms with van der Waals surface area (Å²) in [4.78, 5) is 11.1. The summed E-state index contributed by atoms with van der Waals surface area (Å²) in [5.74, 6) is -0.855. The molecule has 1 aromatic heterocycles. The van der Waals surface area contributed by atoms with Crippen molar-refractivity contribution in [2.75, 3.05) is 0 Å². The van der Waals surface area contributed by atoms with Gasteiger partial charge in [0.1, 0.15) is 0 Å². The van der Waals surface area contributed by atoms with Crippen molar-refractivity contribution in [3.05, 3.63) is 58.9 Å². The smallest absolute Gasteiger partial charge is 0.337 e. The number of benzene rings is 1. The van der Waals surface area contributed by atoms with Crippen LogP contribution in [0.15, 0.2) is 36.5 Å². The average Bonchev–Trinajstić information content (AvgIpc) is 2.55. The fraction of sp³-hybridized carbons (Fsp3) is 0.214. The molecule has 0 aliphatic heterocycles. The molecule has 0 aliphatic carbocycles. The summed E-state index contributed by atoms with van der Waals surface area (Å²) in [6.07, 6.45) is 1.89. The van der Waals surface area contributed by atoms with Crippen molar-refractivity contribution in [2.45, 2.75) is 20.4 Å². The summed E-state index contributed by atoms with van der Waals surface area (Å²) >= 11 is 0. The van der Waals surface area contributed by atoms with Crippen LogP contribution in [0.4, 0.5) is 0 Å². The minimum atomic E-state index is -0.855. The van der Waals surface area contributed by atoms with Crippen molar-refractivity contribution in [3.8, 4) is 0 Å². The summed E-state index contributed by atoms with van der Waals surface area (Å²) < 4.78 is 1.98. The van der Waals surface area contributed by atoms with Crippen LogP contribution < -0.4 is 0 Å². The fourth-order valence-corrected chi connectivity index (χ4v) is 2.09. The maximum absolute atomic E-state index is 11.1. The van der Waals surface area contributed by atoms with E-state index in [9.17, 15) is 4.79 Å². The Hall–Kier alpha value is -2.03. The first-order chi connectivity index (χ1) is 8.09. The van der Waals surface area contributed by atoms with Gasteiger partial charge in [-0.2, -0.15) is 0 Å². The average molecular weight is 229 g/mol. The predicted molar refractivity (Wildman–Crippen MR) is 66.4 cm³/mol. The number of aromatic nitrogens is 1. The molecule has 0 saturated carbocycles. The Balaban J connectivity index is 2.35. The monoisotopic (exact) mass is 229 g/mol. The van der Waals surface area contributed by atoms with Crippen LogP contribution in [-0.4, -0.2) is 15.6 Å². The molecule has 0 aliphatic rings.